The van der Waals surface area contributed by atoms with Crippen molar-refractivity contribution in [2.45, 2.75) is 32.1 Å². The summed E-state index contributed by atoms with van der Waals surface area (Å²) in [5.74, 6) is -2.17. The van der Waals surface area contributed by atoms with Crippen LogP contribution >= 0.6 is 11.3 Å². The van der Waals surface area contributed by atoms with Gasteiger partial charge in [-0.05, 0) is 47.4 Å². The molecule has 0 bridgehead atoms. The van der Waals surface area contributed by atoms with Crippen molar-refractivity contribution in [3.8, 4) is 0 Å². The van der Waals surface area contributed by atoms with Crippen molar-refractivity contribution in [1.29, 1.82) is 0 Å². The second-order valence-electron chi connectivity index (χ2n) is 7.26. The fraction of sp³-hybridized carbons (Fsp3) is 0.286. The first-order chi connectivity index (χ1) is 14.4. The zero-order chi connectivity index (χ0) is 21.4. The molecule has 2 aliphatic heterocycles. The molecule has 30 heavy (non-hydrogen) atoms. The van der Waals surface area contributed by atoms with Crippen LogP contribution in [0, 0.1) is 5.92 Å². The topological polar surface area (TPSA) is 116 Å². The Morgan fingerprint density at radius 1 is 1.30 bits per heavy atom. The molecule has 0 unspecified atom stereocenters. The number of rotatable bonds is 6. The van der Waals surface area contributed by atoms with Gasteiger partial charge in [-0.3, -0.25) is 10.1 Å². The number of fused-ring (bicyclic) bond motifs is 1. The Kier molecular flexibility index (Phi) is 5.31. The molecular formula is C21H20N2O6S. The second kappa shape index (κ2) is 7.92. The van der Waals surface area contributed by atoms with E-state index in [4.69, 9.17) is 4.74 Å². The van der Waals surface area contributed by atoms with Crippen LogP contribution in [0.2, 0.25) is 0 Å². The van der Waals surface area contributed by atoms with E-state index in [1.165, 1.54) is 23.2 Å². The van der Waals surface area contributed by atoms with Gasteiger partial charge in [-0.1, -0.05) is 18.2 Å². The summed E-state index contributed by atoms with van der Waals surface area (Å²) in [5, 5.41) is 25.8. The maximum Gasteiger partial charge on any atom is 0.411 e. The summed E-state index contributed by atoms with van der Waals surface area (Å²) in [6.07, 6.45) is -1.13. The van der Waals surface area contributed by atoms with Gasteiger partial charge in [-0.2, -0.15) is 11.3 Å². The van der Waals surface area contributed by atoms with Gasteiger partial charge in [0.15, 0.2) is 0 Å². The lowest BCUT2D eigenvalue weighted by Gasteiger charge is -2.44. The molecule has 0 radical (unpaired) electrons. The molecule has 2 aromatic rings. The highest BCUT2D eigenvalue weighted by atomic mass is 32.1. The molecule has 0 spiro atoms. The van der Waals surface area contributed by atoms with Gasteiger partial charge >= 0.3 is 12.1 Å². The van der Waals surface area contributed by atoms with Crippen molar-refractivity contribution >= 4 is 40.6 Å². The molecule has 3 atom stereocenters. The molecule has 8 nitrogen and oxygen atoms in total. The number of nitrogens with zero attached hydrogens (tertiary/aromatic N) is 1. The molecule has 1 aromatic carbocycles. The summed E-state index contributed by atoms with van der Waals surface area (Å²) in [7, 11) is 0. The summed E-state index contributed by atoms with van der Waals surface area (Å²) >= 11 is 1.36. The molecule has 0 aliphatic carbocycles. The summed E-state index contributed by atoms with van der Waals surface area (Å²) in [6.45, 7) is 1.50. The summed E-state index contributed by atoms with van der Waals surface area (Å²) in [6, 6.07) is 8.52. The number of amides is 2. The highest BCUT2D eigenvalue weighted by Gasteiger charge is 2.56. The first-order valence-electron chi connectivity index (χ1n) is 9.40. The second-order valence-corrected chi connectivity index (χ2v) is 8.00. The molecule has 3 N–H and O–H groups in total. The number of hydrogen-bond acceptors (Lipinski definition) is 6. The van der Waals surface area contributed by atoms with Crippen LogP contribution in [-0.2, 0) is 20.9 Å². The van der Waals surface area contributed by atoms with Crippen molar-refractivity contribution in [3.05, 3.63) is 57.9 Å². The monoisotopic (exact) mass is 428 g/mol. The average molecular weight is 428 g/mol. The molecule has 1 aromatic heterocycles. The molecule has 0 saturated carbocycles. The average Bonchev–Trinajstić information content (AvgIpc) is 3.29. The predicted molar refractivity (Wildman–Crippen MR) is 110 cm³/mol. The molecular weight excluding hydrogens is 408 g/mol. The van der Waals surface area contributed by atoms with Gasteiger partial charge in [0, 0.05) is 11.3 Å². The number of anilines is 1. The molecule has 1 fully saturated rings. The quantitative estimate of drug-likeness (QED) is 0.609. The van der Waals surface area contributed by atoms with Crippen LogP contribution in [0.15, 0.2) is 46.8 Å². The molecule has 4 rings (SSSR count). The normalized spacial score (nSPS) is 21.1. The lowest BCUT2D eigenvalue weighted by Crippen LogP contribution is -2.61. The number of β-lactam (4-membered cyclic amide) rings is 1. The van der Waals surface area contributed by atoms with Crippen molar-refractivity contribution in [1.82, 2.24) is 4.90 Å². The van der Waals surface area contributed by atoms with E-state index in [1.54, 1.807) is 35.0 Å². The van der Waals surface area contributed by atoms with Crippen LogP contribution in [-0.4, -0.2) is 45.2 Å². The third-order valence-electron chi connectivity index (χ3n) is 5.38. The highest BCUT2D eigenvalue weighted by molar-refractivity contribution is 7.08. The number of aliphatic carboxylic acids is 1. The van der Waals surface area contributed by atoms with Gasteiger partial charge in [0.1, 0.15) is 12.3 Å². The van der Waals surface area contributed by atoms with E-state index in [0.29, 0.717) is 28.8 Å². The number of carbonyl (C=O) groups excluding carboxylic acids is 2. The third-order valence-corrected chi connectivity index (χ3v) is 6.17. The number of carbonyl (C=O) groups is 3. The fourth-order valence-corrected chi connectivity index (χ4v) is 4.89. The molecule has 9 heteroatoms. The number of carboxylic acids is 1. The minimum absolute atomic E-state index is 0.0354. The number of para-hydroxylation sites is 1. The van der Waals surface area contributed by atoms with E-state index in [0.717, 1.165) is 0 Å². The Labute approximate surface area is 176 Å². The number of aliphatic hydroxyl groups is 1. The first-order valence-corrected chi connectivity index (χ1v) is 10.3. The molecule has 3 heterocycles. The van der Waals surface area contributed by atoms with Crippen LogP contribution in [0.25, 0.3) is 5.57 Å². The van der Waals surface area contributed by atoms with Crippen molar-refractivity contribution in [2.24, 2.45) is 5.92 Å². The Morgan fingerprint density at radius 3 is 2.70 bits per heavy atom. The fourth-order valence-electron chi connectivity index (χ4n) is 4.03. The zero-order valence-electron chi connectivity index (χ0n) is 16.1. The number of hydrogen-bond donors (Lipinski definition) is 3. The molecule has 1 saturated heterocycles. The Morgan fingerprint density at radius 2 is 2.03 bits per heavy atom. The maximum atomic E-state index is 12.4. The van der Waals surface area contributed by atoms with Crippen molar-refractivity contribution < 1.29 is 29.3 Å². The van der Waals surface area contributed by atoms with E-state index in [9.17, 15) is 24.6 Å². The standard InChI is InChI=1S/C21H20N2O6S/c1-11(24)17-16-7-14(18(20(26)27)23(16)19(17)25)15-10-30-9-12(15)8-29-21(28)22-13-5-3-2-4-6-13/h2-6,9-11,16-17,24H,7-8H2,1H3,(H,22,28)(H,26,27)/t11-,16-,17+/m1/s1. The van der Waals surface area contributed by atoms with Crippen LogP contribution in [0.3, 0.4) is 0 Å². The SMILES string of the molecule is C[C@@H](O)[C@@H]1C(=O)N2C(C(=O)O)=C(c3cscc3COC(=O)Nc3ccccc3)C[C@H]12. The molecule has 2 aliphatic rings. The summed E-state index contributed by atoms with van der Waals surface area (Å²) in [4.78, 5) is 37.6. The van der Waals surface area contributed by atoms with Gasteiger partial charge in [0.05, 0.1) is 18.1 Å². The lowest BCUT2D eigenvalue weighted by atomic mass is 9.82. The molecule has 2 amide bonds. The van der Waals surface area contributed by atoms with Crippen LogP contribution in [0.1, 0.15) is 24.5 Å². The lowest BCUT2D eigenvalue weighted by molar-refractivity contribution is -0.161. The van der Waals surface area contributed by atoms with Gasteiger partial charge in [0.2, 0.25) is 5.91 Å². The van der Waals surface area contributed by atoms with Gasteiger partial charge in [-0.15, -0.1) is 0 Å². The van der Waals surface area contributed by atoms with Gasteiger partial charge in [-0.25, -0.2) is 9.59 Å². The highest BCUT2D eigenvalue weighted by Crippen LogP contribution is 2.48. The summed E-state index contributed by atoms with van der Waals surface area (Å²) in [5.41, 5.74) is 2.38. The maximum absolute atomic E-state index is 12.4. The van der Waals surface area contributed by atoms with E-state index >= 15 is 0 Å². The smallest absolute Gasteiger partial charge is 0.411 e. The van der Waals surface area contributed by atoms with Gasteiger partial charge in [0.25, 0.3) is 0 Å². The van der Waals surface area contributed by atoms with Crippen LogP contribution < -0.4 is 5.32 Å². The minimum atomic E-state index is -1.19. The number of carboxylic acid groups (broad SMARTS) is 1. The Balaban J connectivity index is 1.52. The minimum Gasteiger partial charge on any atom is -0.477 e. The van der Waals surface area contributed by atoms with Crippen LogP contribution in [0.4, 0.5) is 10.5 Å². The predicted octanol–water partition coefficient (Wildman–Crippen LogP) is 2.90. The number of benzene rings is 1. The van der Waals surface area contributed by atoms with Crippen molar-refractivity contribution in [3.63, 3.8) is 0 Å². The van der Waals surface area contributed by atoms with Crippen molar-refractivity contribution in [2.75, 3.05) is 5.32 Å². The van der Waals surface area contributed by atoms with E-state index < -0.39 is 24.1 Å². The third kappa shape index (κ3) is 3.46. The summed E-state index contributed by atoms with van der Waals surface area (Å²) < 4.78 is 5.30. The Bertz CT molecular complexity index is 1030. The first kappa shape index (κ1) is 20.1. The number of thiophene rings is 1. The van der Waals surface area contributed by atoms with E-state index in [2.05, 4.69) is 5.32 Å². The number of nitrogens with one attached hydrogen (secondary N) is 1. The number of aliphatic hydroxyl groups excluding tert-OH is 1. The van der Waals surface area contributed by atoms with E-state index in [1.807, 2.05) is 6.07 Å². The molecule has 156 valence electrons. The number of ether oxygens (including phenoxy) is 1. The zero-order valence-corrected chi connectivity index (χ0v) is 16.9. The Hall–Kier alpha value is -3.17. The van der Waals surface area contributed by atoms with E-state index in [-0.39, 0.29) is 24.3 Å². The largest absolute Gasteiger partial charge is 0.477 e. The van der Waals surface area contributed by atoms with Gasteiger partial charge < -0.3 is 19.8 Å². The van der Waals surface area contributed by atoms with Crippen LogP contribution in [0.5, 0.6) is 0 Å².